The van der Waals surface area contributed by atoms with Gasteiger partial charge in [0, 0.05) is 0 Å². The monoisotopic (exact) mass is 308 g/mol. The predicted molar refractivity (Wildman–Crippen MR) is 80.5 cm³/mol. The summed E-state index contributed by atoms with van der Waals surface area (Å²) in [7, 11) is 0. The van der Waals surface area contributed by atoms with Crippen LogP contribution in [0.1, 0.15) is 41.2 Å². The summed E-state index contributed by atoms with van der Waals surface area (Å²) in [6.45, 7) is 2.03. The predicted octanol–water partition coefficient (Wildman–Crippen LogP) is 5.07. The highest BCUT2D eigenvalue weighted by Gasteiger charge is 2.30. The molecule has 0 amide bonds. The van der Waals surface area contributed by atoms with Crippen molar-refractivity contribution < 1.29 is 18.3 Å². The Morgan fingerprint density at radius 3 is 2.45 bits per heavy atom. The van der Waals surface area contributed by atoms with E-state index in [1.165, 1.54) is 23.3 Å². The molecule has 118 valence electrons. The summed E-state index contributed by atoms with van der Waals surface area (Å²) >= 11 is 0. The van der Waals surface area contributed by atoms with Crippen LogP contribution in [0.4, 0.5) is 13.2 Å². The minimum atomic E-state index is -4.38. The number of benzene rings is 2. The van der Waals surface area contributed by atoms with Crippen LogP contribution in [0.3, 0.4) is 0 Å². The van der Waals surface area contributed by atoms with Gasteiger partial charge in [0.25, 0.3) is 0 Å². The molecule has 0 unspecified atom stereocenters. The minimum Gasteiger partial charge on any atom is -0.388 e. The molecule has 0 saturated heterocycles. The molecular formula is C18H19F3O. The van der Waals surface area contributed by atoms with Gasteiger partial charge in [-0.2, -0.15) is 13.2 Å². The summed E-state index contributed by atoms with van der Waals surface area (Å²) in [6, 6.07) is 12.9. The van der Waals surface area contributed by atoms with E-state index in [4.69, 9.17) is 0 Å². The van der Waals surface area contributed by atoms with Crippen LogP contribution < -0.4 is 0 Å². The molecule has 1 atom stereocenters. The summed E-state index contributed by atoms with van der Waals surface area (Å²) in [4.78, 5) is 0. The topological polar surface area (TPSA) is 20.2 Å². The number of aryl methyl sites for hydroxylation is 2. The molecule has 0 radical (unpaired) electrons. The molecule has 0 spiro atoms. The summed E-state index contributed by atoms with van der Waals surface area (Å²) < 4.78 is 38.0. The molecular weight excluding hydrogens is 289 g/mol. The molecule has 0 aliphatic heterocycles. The molecule has 1 N–H and O–H groups in total. The Labute approximate surface area is 128 Å². The van der Waals surface area contributed by atoms with Gasteiger partial charge in [0.1, 0.15) is 0 Å². The highest BCUT2D eigenvalue weighted by atomic mass is 19.4. The normalized spacial score (nSPS) is 13.1. The van der Waals surface area contributed by atoms with Crippen LogP contribution in [0.15, 0.2) is 48.5 Å². The second-order valence-electron chi connectivity index (χ2n) is 5.46. The van der Waals surface area contributed by atoms with E-state index in [9.17, 15) is 18.3 Å². The average molecular weight is 308 g/mol. The van der Waals surface area contributed by atoms with Crippen LogP contribution in [0.2, 0.25) is 0 Å². The second kappa shape index (κ2) is 6.97. The first-order valence-electron chi connectivity index (χ1n) is 7.27. The fourth-order valence-corrected chi connectivity index (χ4v) is 2.47. The van der Waals surface area contributed by atoms with Crippen molar-refractivity contribution in [2.24, 2.45) is 0 Å². The summed E-state index contributed by atoms with van der Waals surface area (Å²) in [5.74, 6) is 0. The fourth-order valence-electron chi connectivity index (χ4n) is 2.47. The van der Waals surface area contributed by atoms with Crippen LogP contribution in [-0.2, 0) is 12.6 Å². The lowest BCUT2D eigenvalue weighted by atomic mass is 9.98. The zero-order valence-corrected chi connectivity index (χ0v) is 12.4. The molecule has 0 aliphatic rings. The van der Waals surface area contributed by atoms with Gasteiger partial charge in [0.05, 0.1) is 11.7 Å². The third-order valence-corrected chi connectivity index (χ3v) is 3.78. The van der Waals surface area contributed by atoms with Crippen LogP contribution in [0, 0.1) is 6.92 Å². The van der Waals surface area contributed by atoms with E-state index in [2.05, 4.69) is 0 Å². The van der Waals surface area contributed by atoms with Gasteiger partial charge in [-0.3, -0.25) is 0 Å². The van der Waals surface area contributed by atoms with Crippen LogP contribution in [0.5, 0.6) is 0 Å². The van der Waals surface area contributed by atoms with E-state index >= 15 is 0 Å². The van der Waals surface area contributed by atoms with Gasteiger partial charge in [-0.25, -0.2) is 0 Å². The lowest BCUT2D eigenvalue weighted by Crippen LogP contribution is -2.07. The third kappa shape index (κ3) is 4.34. The Morgan fingerprint density at radius 1 is 1.05 bits per heavy atom. The molecule has 22 heavy (non-hydrogen) atoms. The molecule has 2 aromatic carbocycles. The lowest BCUT2D eigenvalue weighted by Gasteiger charge is -2.14. The second-order valence-corrected chi connectivity index (χ2v) is 5.46. The molecule has 4 heteroatoms. The first kappa shape index (κ1) is 16.6. The smallest absolute Gasteiger partial charge is 0.388 e. The first-order valence-corrected chi connectivity index (χ1v) is 7.27. The molecule has 0 fully saturated rings. The number of halogens is 3. The molecule has 2 aromatic rings. The Balaban J connectivity index is 1.95. The number of hydrogen-bond acceptors (Lipinski definition) is 1. The number of aliphatic hydroxyl groups is 1. The molecule has 0 saturated carbocycles. The summed E-state index contributed by atoms with van der Waals surface area (Å²) in [6.07, 6.45) is -3.27. The maximum Gasteiger partial charge on any atom is 0.416 e. The van der Waals surface area contributed by atoms with E-state index < -0.39 is 17.8 Å². The van der Waals surface area contributed by atoms with Gasteiger partial charge < -0.3 is 5.11 Å². The maximum absolute atomic E-state index is 12.7. The first-order chi connectivity index (χ1) is 10.4. The maximum atomic E-state index is 12.7. The van der Waals surface area contributed by atoms with Crippen molar-refractivity contribution in [3.05, 3.63) is 70.8 Å². The average Bonchev–Trinajstić information content (AvgIpc) is 2.48. The zero-order chi connectivity index (χ0) is 16.2. The Bertz CT molecular complexity index is 620. The van der Waals surface area contributed by atoms with Crippen molar-refractivity contribution in [3.8, 4) is 0 Å². The highest BCUT2D eigenvalue weighted by molar-refractivity contribution is 5.28. The Morgan fingerprint density at radius 2 is 1.77 bits per heavy atom. The van der Waals surface area contributed by atoms with E-state index in [1.54, 1.807) is 0 Å². The third-order valence-electron chi connectivity index (χ3n) is 3.78. The zero-order valence-electron chi connectivity index (χ0n) is 12.4. The number of rotatable bonds is 5. The van der Waals surface area contributed by atoms with Crippen molar-refractivity contribution >= 4 is 0 Å². The van der Waals surface area contributed by atoms with Crippen molar-refractivity contribution in [2.45, 2.75) is 38.5 Å². The molecule has 0 heterocycles. The van der Waals surface area contributed by atoms with E-state index in [-0.39, 0.29) is 0 Å². The fraction of sp³-hybridized carbons (Fsp3) is 0.333. The van der Waals surface area contributed by atoms with Crippen molar-refractivity contribution in [1.82, 2.24) is 0 Å². The van der Waals surface area contributed by atoms with Gasteiger partial charge in [-0.15, -0.1) is 0 Å². The molecule has 0 bridgehead atoms. The molecule has 0 aromatic heterocycles. The van der Waals surface area contributed by atoms with Crippen molar-refractivity contribution in [2.75, 3.05) is 0 Å². The largest absolute Gasteiger partial charge is 0.416 e. The SMILES string of the molecule is Cc1ccccc1CCC[C@@H](O)c1cccc(C(F)(F)F)c1. The lowest BCUT2D eigenvalue weighted by molar-refractivity contribution is -0.137. The quantitative estimate of drug-likeness (QED) is 0.817. The van der Waals surface area contributed by atoms with Gasteiger partial charge in [0.2, 0.25) is 0 Å². The van der Waals surface area contributed by atoms with Crippen molar-refractivity contribution in [1.29, 1.82) is 0 Å². The van der Waals surface area contributed by atoms with Crippen molar-refractivity contribution in [3.63, 3.8) is 0 Å². The number of hydrogen-bond donors (Lipinski definition) is 1. The van der Waals surface area contributed by atoms with Gasteiger partial charge in [0.15, 0.2) is 0 Å². The van der Waals surface area contributed by atoms with Gasteiger partial charge >= 0.3 is 6.18 Å². The number of alkyl halides is 3. The van der Waals surface area contributed by atoms with Gasteiger partial charge in [-0.1, -0.05) is 36.4 Å². The molecule has 2 rings (SSSR count). The van der Waals surface area contributed by atoms with Crippen LogP contribution in [0.25, 0.3) is 0 Å². The Hall–Kier alpha value is -1.81. The molecule has 1 nitrogen and oxygen atoms in total. The highest BCUT2D eigenvalue weighted by Crippen LogP contribution is 2.31. The van der Waals surface area contributed by atoms with Gasteiger partial charge in [-0.05, 0) is 55.0 Å². The van der Waals surface area contributed by atoms with Crippen LogP contribution in [-0.4, -0.2) is 5.11 Å². The standard InChI is InChI=1S/C18H19F3O/c1-13-6-2-3-7-14(13)8-5-11-17(22)15-9-4-10-16(12-15)18(19,20)21/h2-4,6-7,9-10,12,17,22H,5,8,11H2,1H3/t17-/m1/s1. The Kier molecular flexibility index (Phi) is 5.24. The minimum absolute atomic E-state index is 0.319. The molecule has 0 aliphatic carbocycles. The summed E-state index contributed by atoms with van der Waals surface area (Å²) in [5, 5.41) is 10.1. The van der Waals surface area contributed by atoms with E-state index in [0.717, 1.165) is 25.0 Å². The summed E-state index contributed by atoms with van der Waals surface area (Å²) in [5.41, 5.74) is 2.00. The number of aliphatic hydroxyl groups excluding tert-OH is 1. The van der Waals surface area contributed by atoms with E-state index in [1.807, 2.05) is 31.2 Å². The van der Waals surface area contributed by atoms with Crippen LogP contribution >= 0.6 is 0 Å². The van der Waals surface area contributed by atoms with E-state index in [0.29, 0.717) is 12.0 Å².